The number of aromatic hydroxyl groups is 1. The molecule has 15 heavy (non-hydrogen) atoms. The van der Waals surface area contributed by atoms with E-state index >= 15 is 0 Å². The van der Waals surface area contributed by atoms with Crippen molar-refractivity contribution in [3.63, 3.8) is 0 Å². The van der Waals surface area contributed by atoms with Gasteiger partial charge < -0.3 is 10.8 Å². The average Bonchev–Trinajstić information content (AvgIpc) is 2.23. The summed E-state index contributed by atoms with van der Waals surface area (Å²) in [5, 5.41) is 9.73. The molecule has 3 N–H and O–H groups in total. The number of hydrogen-bond acceptors (Lipinski definition) is 2. The van der Waals surface area contributed by atoms with E-state index in [-0.39, 0.29) is 0 Å². The van der Waals surface area contributed by atoms with E-state index in [9.17, 15) is 5.11 Å². The number of phenolic OH excluding ortho intramolecular Hbond substituents is 1. The van der Waals surface area contributed by atoms with Crippen molar-refractivity contribution < 1.29 is 5.11 Å². The smallest absolute Gasteiger partial charge is 0.123 e. The summed E-state index contributed by atoms with van der Waals surface area (Å²) < 4.78 is 0. The van der Waals surface area contributed by atoms with Crippen LogP contribution in [0.1, 0.15) is 5.56 Å². The van der Waals surface area contributed by atoms with Gasteiger partial charge in [-0.3, -0.25) is 0 Å². The first-order valence-corrected chi connectivity index (χ1v) is 4.82. The Labute approximate surface area is 89.0 Å². The molecule has 0 aromatic heterocycles. The fraction of sp³-hybridized carbons (Fsp3) is 0.0769. The fourth-order valence-corrected chi connectivity index (χ4v) is 1.54. The molecule has 0 radical (unpaired) electrons. The fourth-order valence-electron chi connectivity index (χ4n) is 1.54. The Balaban J connectivity index is 2.53. The molecule has 0 aliphatic heterocycles. The van der Waals surface area contributed by atoms with Crippen molar-refractivity contribution in [2.75, 3.05) is 5.73 Å². The maximum Gasteiger partial charge on any atom is 0.123 e. The summed E-state index contributed by atoms with van der Waals surface area (Å²) in [5.41, 5.74) is 9.28. The highest BCUT2D eigenvalue weighted by Crippen LogP contribution is 2.30. The lowest BCUT2D eigenvalue weighted by Gasteiger charge is -2.06. The molecule has 0 amide bonds. The number of anilines is 1. The zero-order valence-electron chi connectivity index (χ0n) is 8.57. The summed E-state index contributed by atoms with van der Waals surface area (Å²) in [6.45, 7) is 2.00. The van der Waals surface area contributed by atoms with Crippen molar-refractivity contribution in [3.05, 3.63) is 48.0 Å². The molecule has 0 fully saturated rings. The van der Waals surface area contributed by atoms with Crippen LogP contribution in [0, 0.1) is 6.92 Å². The predicted molar refractivity (Wildman–Crippen MR) is 62.7 cm³/mol. The third kappa shape index (κ3) is 1.94. The molecule has 2 rings (SSSR count). The van der Waals surface area contributed by atoms with Crippen LogP contribution in [0.5, 0.6) is 5.75 Å². The third-order valence-electron chi connectivity index (χ3n) is 2.37. The van der Waals surface area contributed by atoms with Crippen LogP contribution >= 0.6 is 0 Å². The Bertz CT molecular complexity index is 474. The summed E-state index contributed by atoms with van der Waals surface area (Å²) in [7, 11) is 0. The monoisotopic (exact) mass is 199 g/mol. The molecule has 0 aliphatic carbocycles. The molecule has 0 aliphatic rings. The molecule has 0 bridgehead atoms. The van der Waals surface area contributed by atoms with Crippen LogP contribution in [-0.2, 0) is 0 Å². The van der Waals surface area contributed by atoms with Crippen molar-refractivity contribution in [3.8, 4) is 16.9 Å². The van der Waals surface area contributed by atoms with Gasteiger partial charge in [0.05, 0.1) is 0 Å². The van der Waals surface area contributed by atoms with Gasteiger partial charge in [-0.05, 0) is 36.8 Å². The minimum Gasteiger partial charge on any atom is -0.507 e. The van der Waals surface area contributed by atoms with Crippen molar-refractivity contribution in [1.82, 2.24) is 0 Å². The largest absolute Gasteiger partial charge is 0.507 e. The lowest BCUT2D eigenvalue weighted by Crippen LogP contribution is -1.85. The highest BCUT2D eigenvalue weighted by Gasteiger charge is 2.03. The highest BCUT2D eigenvalue weighted by molar-refractivity contribution is 5.71. The van der Waals surface area contributed by atoms with Crippen molar-refractivity contribution >= 4 is 5.69 Å². The highest BCUT2D eigenvalue weighted by atomic mass is 16.3. The summed E-state index contributed by atoms with van der Waals surface area (Å²) in [4.78, 5) is 0. The van der Waals surface area contributed by atoms with Gasteiger partial charge in [-0.2, -0.15) is 0 Å². The number of benzene rings is 2. The molecule has 0 saturated heterocycles. The molecule has 2 aromatic rings. The third-order valence-corrected chi connectivity index (χ3v) is 2.37. The van der Waals surface area contributed by atoms with Gasteiger partial charge in [0.15, 0.2) is 0 Å². The number of nitrogens with two attached hydrogens (primary N) is 1. The normalized spacial score (nSPS) is 10.2. The second-order valence-electron chi connectivity index (χ2n) is 3.64. The summed E-state index contributed by atoms with van der Waals surface area (Å²) in [6, 6.07) is 13.0. The van der Waals surface area contributed by atoms with E-state index in [1.807, 2.05) is 43.3 Å². The number of hydrogen-bond donors (Lipinski definition) is 2. The van der Waals surface area contributed by atoms with Gasteiger partial charge >= 0.3 is 0 Å². The zero-order chi connectivity index (χ0) is 10.8. The molecule has 0 heterocycles. The van der Waals surface area contributed by atoms with E-state index in [0.29, 0.717) is 5.75 Å². The molecule has 0 saturated carbocycles. The van der Waals surface area contributed by atoms with Gasteiger partial charge in [-0.1, -0.05) is 23.8 Å². The quantitative estimate of drug-likeness (QED) is 0.693. The standard InChI is InChI=1S/C13H13NO/c1-9-2-7-13(15)12(8-9)10-3-5-11(14)6-4-10/h2-8,15H,14H2,1H3. The van der Waals surface area contributed by atoms with Crippen molar-refractivity contribution in [1.29, 1.82) is 0 Å². The Kier molecular flexibility index (Phi) is 2.34. The molecule has 0 unspecified atom stereocenters. The van der Waals surface area contributed by atoms with Crippen LogP contribution in [0.4, 0.5) is 5.69 Å². The number of aryl methyl sites for hydroxylation is 1. The maximum absolute atomic E-state index is 9.73. The molecular weight excluding hydrogens is 186 g/mol. The van der Waals surface area contributed by atoms with Crippen molar-refractivity contribution in [2.24, 2.45) is 0 Å². The Hall–Kier alpha value is -1.96. The van der Waals surface area contributed by atoms with Gasteiger partial charge in [0, 0.05) is 11.3 Å². The minimum absolute atomic E-state index is 0.297. The molecule has 2 nitrogen and oxygen atoms in total. The van der Waals surface area contributed by atoms with Gasteiger partial charge in [-0.25, -0.2) is 0 Å². The van der Waals surface area contributed by atoms with Crippen LogP contribution in [0.25, 0.3) is 11.1 Å². The van der Waals surface area contributed by atoms with Crippen LogP contribution < -0.4 is 5.73 Å². The Morgan fingerprint density at radius 1 is 1.00 bits per heavy atom. The molecule has 0 spiro atoms. The topological polar surface area (TPSA) is 46.2 Å². The first-order valence-electron chi connectivity index (χ1n) is 4.82. The molecule has 76 valence electrons. The van der Waals surface area contributed by atoms with E-state index in [0.717, 1.165) is 22.4 Å². The minimum atomic E-state index is 0.297. The second-order valence-corrected chi connectivity index (χ2v) is 3.64. The van der Waals surface area contributed by atoms with E-state index in [4.69, 9.17) is 5.73 Å². The van der Waals surface area contributed by atoms with Gasteiger partial charge in [0.2, 0.25) is 0 Å². The van der Waals surface area contributed by atoms with E-state index in [1.165, 1.54) is 0 Å². The van der Waals surface area contributed by atoms with E-state index in [1.54, 1.807) is 6.07 Å². The number of rotatable bonds is 1. The molecule has 2 heteroatoms. The second kappa shape index (κ2) is 3.65. The molecule has 2 aromatic carbocycles. The Morgan fingerprint density at radius 2 is 1.67 bits per heavy atom. The van der Waals surface area contributed by atoms with Gasteiger partial charge in [0.1, 0.15) is 5.75 Å². The number of nitrogen functional groups attached to an aromatic ring is 1. The van der Waals surface area contributed by atoms with Gasteiger partial charge in [0.25, 0.3) is 0 Å². The first kappa shape index (κ1) is 9.59. The predicted octanol–water partition coefficient (Wildman–Crippen LogP) is 2.95. The Morgan fingerprint density at radius 3 is 2.33 bits per heavy atom. The van der Waals surface area contributed by atoms with Gasteiger partial charge in [-0.15, -0.1) is 0 Å². The SMILES string of the molecule is Cc1ccc(O)c(-c2ccc(N)cc2)c1. The van der Waals surface area contributed by atoms with Crippen LogP contribution in [0.3, 0.4) is 0 Å². The van der Waals surface area contributed by atoms with Crippen LogP contribution in [0.15, 0.2) is 42.5 Å². The van der Waals surface area contributed by atoms with E-state index < -0.39 is 0 Å². The zero-order valence-corrected chi connectivity index (χ0v) is 8.57. The summed E-state index contributed by atoms with van der Waals surface area (Å²) >= 11 is 0. The van der Waals surface area contributed by atoms with E-state index in [2.05, 4.69) is 0 Å². The van der Waals surface area contributed by atoms with Crippen LogP contribution in [-0.4, -0.2) is 5.11 Å². The van der Waals surface area contributed by atoms with Crippen LogP contribution in [0.2, 0.25) is 0 Å². The molecule has 0 atom stereocenters. The first-order chi connectivity index (χ1) is 7.16. The lowest BCUT2D eigenvalue weighted by molar-refractivity contribution is 0.477. The van der Waals surface area contributed by atoms with Crippen molar-refractivity contribution in [2.45, 2.75) is 6.92 Å². The summed E-state index contributed by atoms with van der Waals surface area (Å²) in [6.07, 6.45) is 0. The summed E-state index contributed by atoms with van der Waals surface area (Å²) in [5.74, 6) is 0.297. The lowest BCUT2D eigenvalue weighted by atomic mass is 10.0. The molecular formula is C13H13NO. The average molecular weight is 199 g/mol. The maximum atomic E-state index is 9.73. The number of phenols is 1.